The Morgan fingerprint density at radius 1 is 1.19 bits per heavy atom. The van der Waals surface area contributed by atoms with Crippen molar-refractivity contribution < 1.29 is 17.6 Å². The van der Waals surface area contributed by atoms with Crippen molar-refractivity contribution in [1.29, 1.82) is 0 Å². The molecule has 2 aliphatic rings. The van der Waals surface area contributed by atoms with Crippen molar-refractivity contribution in [2.75, 3.05) is 4.90 Å². The van der Waals surface area contributed by atoms with E-state index < -0.39 is 12.0 Å². The smallest absolute Gasteiger partial charge is 0.453 e. The maximum atomic E-state index is 13.1. The Morgan fingerprint density at radius 3 is 2.63 bits per heavy atom. The molecular formula is C18H18F3N5O. The molecule has 9 heteroatoms. The lowest BCUT2D eigenvalue weighted by Gasteiger charge is -2.22. The number of rotatable bonds is 5. The molecule has 27 heavy (non-hydrogen) atoms. The van der Waals surface area contributed by atoms with Crippen molar-refractivity contribution >= 4 is 11.5 Å². The minimum Gasteiger partial charge on any atom is -0.464 e. The van der Waals surface area contributed by atoms with Crippen LogP contribution in [0.3, 0.4) is 0 Å². The van der Waals surface area contributed by atoms with E-state index in [0.29, 0.717) is 24.2 Å². The van der Waals surface area contributed by atoms with Gasteiger partial charge in [0.05, 0.1) is 6.54 Å². The van der Waals surface area contributed by atoms with E-state index in [4.69, 9.17) is 4.42 Å². The highest BCUT2D eigenvalue weighted by Crippen LogP contribution is 2.47. The summed E-state index contributed by atoms with van der Waals surface area (Å²) in [4.78, 5) is 2.00. The zero-order valence-corrected chi connectivity index (χ0v) is 14.6. The molecule has 3 aromatic rings. The molecule has 2 atom stereocenters. The summed E-state index contributed by atoms with van der Waals surface area (Å²) in [6.45, 7) is 2.67. The van der Waals surface area contributed by atoms with Crippen LogP contribution >= 0.6 is 0 Å². The first kappa shape index (κ1) is 16.6. The van der Waals surface area contributed by atoms with Crippen LogP contribution in [0.15, 0.2) is 28.7 Å². The molecule has 0 bridgehead atoms. The molecule has 5 rings (SSSR count). The van der Waals surface area contributed by atoms with Crippen LogP contribution in [-0.2, 0) is 12.7 Å². The topological polar surface area (TPSA) is 59.5 Å². The van der Waals surface area contributed by atoms with Gasteiger partial charge in [0.2, 0.25) is 0 Å². The predicted molar refractivity (Wildman–Crippen MR) is 90.2 cm³/mol. The SMILES string of the molecule is C[C@H]1C[C@@H]1c1ccc(CN(c2ccc3nnc(C(F)(F)F)n3n2)C2CC2)o1. The summed E-state index contributed by atoms with van der Waals surface area (Å²) < 4.78 is 46.1. The van der Waals surface area contributed by atoms with Crippen LogP contribution < -0.4 is 4.90 Å². The van der Waals surface area contributed by atoms with Gasteiger partial charge in [-0.05, 0) is 49.4 Å². The normalized spacial score (nSPS) is 22.4. The first-order chi connectivity index (χ1) is 12.9. The number of alkyl halides is 3. The van der Waals surface area contributed by atoms with Crippen LogP contribution in [0.2, 0.25) is 0 Å². The number of nitrogens with zero attached hydrogens (tertiary/aromatic N) is 5. The van der Waals surface area contributed by atoms with E-state index in [1.54, 1.807) is 6.07 Å². The Morgan fingerprint density at radius 2 is 1.96 bits per heavy atom. The third-order valence-corrected chi connectivity index (χ3v) is 5.27. The summed E-state index contributed by atoms with van der Waals surface area (Å²) in [5.41, 5.74) is 0.0739. The van der Waals surface area contributed by atoms with E-state index in [1.807, 2.05) is 17.0 Å². The Kier molecular flexibility index (Phi) is 3.50. The average Bonchev–Trinajstić information content (AvgIpc) is 3.49. The van der Waals surface area contributed by atoms with Crippen molar-refractivity contribution in [2.24, 2.45) is 5.92 Å². The standard InChI is InChI=1S/C18H18F3N5O/c1-10-8-13(10)14-5-4-12(27-14)9-25(11-2-3-11)16-7-6-15-22-23-17(18(19,20)21)26(15)24-16/h4-7,10-11,13H,2-3,8-9H2,1H3/t10-,13-/m0/s1. The number of halogens is 3. The summed E-state index contributed by atoms with van der Waals surface area (Å²) in [6.07, 6.45) is -1.49. The Hall–Kier alpha value is -2.58. The van der Waals surface area contributed by atoms with Crippen molar-refractivity contribution in [3.63, 3.8) is 0 Å². The number of aromatic nitrogens is 4. The summed E-state index contributed by atoms with van der Waals surface area (Å²) >= 11 is 0. The van der Waals surface area contributed by atoms with Crippen LogP contribution in [0.1, 0.15) is 49.4 Å². The van der Waals surface area contributed by atoms with Crippen molar-refractivity contribution in [2.45, 2.75) is 50.9 Å². The molecule has 2 saturated carbocycles. The molecular weight excluding hydrogens is 359 g/mol. The van der Waals surface area contributed by atoms with Crippen molar-refractivity contribution in [1.82, 2.24) is 19.8 Å². The van der Waals surface area contributed by atoms with Crippen LogP contribution in [0.5, 0.6) is 0 Å². The molecule has 6 nitrogen and oxygen atoms in total. The molecule has 3 heterocycles. The van der Waals surface area contributed by atoms with Gasteiger partial charge in [-0.3, -0.25) is 0 Å². The van der Waals surface area contributed by atoms with Crippen LogP contribution in [0.25, 0.3) is 5.65 Å². The molecule has 0 aromatic carbocycles. The summed E-state index contributed by atoms with van der Waals surface area (Å²) in [7, 11) is 0. The fourth-order valence-electron chi connectivity index (χ4n) is 3.46. The molecule has 0 amide bonds. The minimum atomic E-state index is -4.60. The maximum absolute atomic E-state index is 13.1. The van der Waals surface area contributed by atoms with E-state index in [-0.39, 0.29) is 11.7 Å². The van der Waals surface area contributed by atoms with Crippen LogP contribution in [-0.4, -0.2) is 25.9 Å². The van der Waals surface area contributed by atoms with E-state index in [9.17, 15) is 13.2 Å². The zero-order valence-electron chi connectivity index (χ0n) is 14.6. The van der Waals surface area contributed by atoms with Gasteiger partial charge < -0.3 is 9.32 Å². The minimum absolute atomic E-state index is 0.0739. The van der Waals surface area contributed by atoms with Crippen LogP contribution in [0, 0.1) is 5.92 Å². The van der Waals surface area contributed by atoms with Crippen LogP contribution in [0.4, 0.5) is 19.0 Å². The number of hydrogen-bond acceptors (Lipinski definition) is 5. The number of furan rings is 1. The number of fused-ring (bicyclic) bond motifs is 1. The lowest BCUT2D eigenvalue weighted by molar-refractivity contribution is -0.146. The van der Waals surface area contributed by atoms with Gasteiger partial charge in [0.1, 0.15) is 17.3 Å². The molecule has 3 aromatic heterocycles. The fraction of sp³-hybridized carbons (Fsp3) is 0.500. The highest BCUT2D eigenvalue weighted by atomic mass is 19.4. The summed E-state index contributed by atoms with van der Waals surface area (Å²) in [5.74, 6) is 2.30. The molecule has 0 unspecified atom stereocenters. The second-order valence-electron chi connectivity index (χ2n) is 7.47. The molecule has 0 N–H and O–H groups in total. The van der Waals surface area contributed by atoms with Gasteiger partial charge in [-0.1, -0.05) is 6.92 Å². The predicted octanol–water partition coefficient (Wildman–Crippen LogP) is 4.03. The van der Waals surface area contributed by atoms with E-state index in [0.717, 1.165) is 35.3 Å². The second-order valence-corrected chi connectivity index (χ2v) is 7.47. The van der Waals surface area contributed by atoms with Gasteiger partial charge in [0.25, 0.3) is 5.82 Å². The third kappa shape index (κ3) is 3.04. The fourth-order valence-corrected chi connectivity index (χ4v) is 3.46. The van der Waals surface area contributed by atoms with Crippen molar-refractivity contribution in [3.8, 4) is 0 Å². The van der Waals surface area contributed by atoms with Gasteiger partial charge in [0, 0.05) is 12.0 Å². The van der Waals surface area contributed by atoms with E-state index in [1.165, 1.54) is 6.07 Å². The molecule has 0 spiro atoms. The van der Waals surface area contributed by atoms with Crippen molar-refractivity contribution in [3.05, 3.63) is 41.6 Å². The third-order valence-electron chi connectivity index (χ3n) is 5.27. The molecule has 142 valence electrons. The highest BCUT2D eigenvalue weighted by molar-refractivity contribution is 5.47. The van der Waals surface area contributed by atoms with Gasteiger partial charge >= 0.3 is 6.18 Å². The monoisotopic (exact) mass is 377 g/mol. The van der Waals surface area contributed by atoms with Gasteiger partial charge in [-0.2, -0.15) is 17.7 Å². The molecule has 0 saturated heterocycles. The molecule has 0 aliphatic heterocycles. The van der Waals surface area contributed by atoms with E-state index >= 15 is 0 Å². The first-order valence-corrected chi connectivity index (χ1v) is 9.05. The largest absolute Gasteiger partial charge is 0.464 e. The highest BCUT2D eigenvalue weighted by Gasteiger charge is 2.39. The maximum Gasteiger partial charge on any atom is 0.453 e. The molecule has 2 aliphatic carbocycles. The lowest BCUT2D eigenvalue weighted by Crippen LogP contribution is -2.26. The van der Waals surface area contributed by atoms with Gasteiger partial charge in [-0.25, -0.2) is 0 Å². The molecule has 0 radical (unpaired) electrons. The number of anilines is 1. The molecule has 2 fully saturated rings. The zero-order chi connectivity index (χ0) is 18.8. The number of hydrogen-bond donors (Lipinski definition) is 0. The van der Waals surface area contributed by atoms with Gasteiger partial charge in [-0.15, -0.1) is 15.3 Å². The lowest BCUT2D eigenvalue weighted by atomic mass is 10.3. The quantitative estimate of drug-likeness (QED) is 0.672. The first-order valence-electron chi connectivity index (χ1n) is 9.05. The Labute approximate surface area is 153 Å². The van der Waals surface area contributed by atoms with E-state index in [2.05, 4.69) is 22.2 Å². The summed E-state index contributed by atoms with van der Waals surface area (Å²) in [6, 6.07) is 7.42. The second kappa shape index (κ2) is 5.71. The Bertz CT molecular complexity index is 990. The Balaban J connectivity index is 1.46. The average molecular weight is 377 g/mol. The summed E-state index contributed by atoms with van der Waals surface area (Å²) in [5, 5.41) is 11.0. The van der Waals surface area contributed by atoms with Gasteiger partial charge in [0.15, 0.2) is 5.65 Å².